The zero-order valence-electron chi connectivity index (χ0n) is 32.6. The number of hydrogen-bond acceptors (Lipinski definition) is 11. The molecule has 0 amide bonds. The molecule has 6 rings (SSSR count). The van der Waals surface area contributed by atoms with E-state index in [9.17, 15) is 19.8 Å². The molecule has 2 bridgehead atoms. The number of allylic oxidation sites excluding steroid dienone is 2. The van der Waals surface area contributed by atoms with Crippen LogP contribution in [0.25, 0.3) is 0 Å². The van der Waals surface area contributed by atoms with E-state index < -0.39 is 53.7 Å². The van der Waals surface area contributed by atoms with Crippen molar-refractivity contribution in [3.63, 3.8) is 0 Å². The number of carbonyl (C=O) groups excluding carboxylic acids is 2. The van der Waals surface area contributed by atoms with Crippen molar-refractivity contribution in [3.8, 4) is 0 Å². The van der Waals surface area contributed by atoms with Gasteiger partial charge in [0.25, 0.3) is 0 Å². The molecule has 3 saturated heterocycles. The van der Waals surface area contributed by atoms with Crippen molar-refractivity contribution >= 4 is 17.7 Å². The summed E-state index contributed by atoms with van der Waals surface area (Å²) in [6.45, 7) is 12.2. The second kappa shape index (κ2) is 16.6. The average molecular weight is 748 g/mol. The molecular formula is C43H57NO10. The summed E-state index contributed by atoms with van der Waals surface area (Å²) < 4.78 is 32.4. The highest BCUT2D eigenvalue weighted by Gasteiger charge is 2.60. The first-order valence-electron chi connectivity index (χ1n) is 19.5. The van der Waals surface area contributed by atoms with Crippen LogP contribution in [-0.2, 0) is 38.1 Å². The number of ether oxygens (including phenoxy) is 5. The maximum Gasteiger partial charge on any atom is 0.361 e. The van der Waals surface area contributed by atoms with Crippen LogP contribution >= 0.6 is 0 Å². The largest absolute Gasteiger partial charge is 0.462 e. The lowest BCUT2D eigenvalue weighted by Gasteiger charge is -2.51. The summed E-state index contributed by atoms with van der Waals surface area (Å²) in [5.41, 5.74) is 0.532. The number of oxime groups is 1. The van der Waals surface area contributed by atoms with Crippen LogP contribution in [0.4, 0.5) is 0 Å². The quantitative estimate of drug-likeness (QED) is 0.151. The van der Waals surface area contributed by atoms with Gasteiger partial charge < -0.3 is 38.7 Å². The molecule has 1 aromatic carbocycles. The third-order valence-corrected chi connectivity index (χ3v) is 12.1. The summed E-state index contributed by atoms with van der Waals surface area (Å²) in [6, 6.07) is 9.01. The van der Waals surface area contributed by atoms with Gasteiger partial charge in [0.1, 0.15) is 43.0 Å². The van der Waals surface area contributed by atoms with E-state index in [0.29, 0.717) is 54.2 Å². The van der Waals surface area contributed by atoms with Crippen molar-refractivity contribution in [2.75, 3.05) is 13.7 Å². The Morgan fingerprint density at radius 2 is 1.87 bits per heavy atom. The molecule has 5 aliphatic rings. The zero-order valence-corrected chi connectivity index (χ0v) is 32.6. The van der Waals surface area contributed by atoms with Crippen LogP contribution < -0.4 is 0 Å². The first kappa shape index (κ1) is 40.1. The van der Waals surface area contributed by atoms with E-state index >= 15 is 0 Å². The predicted molar refractivity (Wildman–Crippen MR) is 202 cm³/mol. The Balaban J connectivity index is 1.40. The Hall–Kier alpha value is -3.61. The van der Waals surface area contributed by atoms with Gasteiger partial charge in [0.2, 0.25) is 0 Å². The topological polar surface area (TPSA) is 142 Å². The van der Waals surface area contributed by atoms with E-state index in [2.05, 4.69) is 25.9 Å². The van der Waals surface area contributed by atoms with Gasteiger partial charge in [-0.15, -0.1) is 0 Å². The lowest BCUT2D eigenvalue weighted by Crippen LogP contribution is -2.58. The Morgan fingerprint density at radius 1 is 1.11 bits per heavy atom. The first-order valence-corrected chi connectivity index (χ1v) is 19.5. The van der Waals surface area contributed by atoms with E-state index in [4.69, 9.17) is 28.5 Å². The van der Waals surface area contributed by atoms with Crippen molar-refractivity contribution in [1.82, 2.24) is 0 Å². The van der Waals surface area contributed by atoms with Crippen LogP contribution in [0, 0.1) is 23.7 Å². The van der Waals surface area contributed by atoms with Crippen LogP contribution in [0.15, 0.2) is 82.6 Å². The Bertz CT molecular complexity index is 1680. The number of aliphatic hydroxyl groups excluding tert-OH is 1. The van der Waals surface area contributed by atoms with Crippen LogP contribution in [0.3, 0.4) is 0 Å². The Kier molecular flexibility index (Phi) is 12.3. The van der Waals surface area contributed by atoms with Crippen LogP contribution in [0.2, 0.25) is 0 Å². The van der Waals surface area contributed by atoms with Gasteiger partial charge in [-0.05, 0) is 55.2 Å². The normalized spacial score (nSPS) is 40.5. The SMILES string of the molecule is CCC(C)[C@H]1OC2(CC[C@@H]1C)C[C@@H]1C[C@@H](C/C=C(\C)[C@@H](OC(=O)/C(=N\OC)c3ccccc3)[C@@H](C)/C=C/C=C3\CO[C@@H]4[C@H](O)C(C)=C[C@@H](C(=O)O1)[C@]34O)O2. The fraction of sp³-hybridized carbons (Fsp3) is 0.605. The second-order valence-corrected chi connectivity index (χ2v) is 16.0. The molecule has 11 heteroatoms. The molecule has 0 saturated carbocycles. The number of fused-ring (bicyclic) bond motifs is 2. The van der Waals surface area contributed by atoms with Crippen molar-refractivity contribution < 1.29 is 48.3 Å². The molecule has 3 fully saturated rings. The maximum absolute atomic E-state index is 14.2. The summed E-state index contributed by atoms with van der Waals surface area (Å²) in [5, 5.41) is 27.5. The van der Waals surface area contributed by atoms with Crippen LogP contribution in [-0.4, -0.2) is 89.6 Å². The summed E-state index contributed by atoms with van der Waals surface area (Å²) in [7, 11) is 1.38. The van der Waals surface area contributed by atoms with Gasteiger partial charge in [-0.25, -0.2) is 4.79 Å². The third-order valence-electron chi connectivity index (χ3n) is 12.1. The number of hydrogen-bond donors (Lipinski definition) is 2. The molecule has 1 spiro atoms. The van der Waals surface area contributed by atoms with E-state index in [1.807, 2.05) is 44.2 Å². The molecule has 2 unspecified atom stereocenters. The maximum atomic E-state index is 14.2. The minimum absolute atomic E-state index is 0.0125. The van der Waals surface area contributed by atoms with E-state index in [-0.39, 0.29) is 30.4 Å². The van der Waals surface area contributed by atoms with Gasteiger partial charge in [-0.2, -0.15) is 0 Å². The molecule has 4 heterocycles. The molecular weight excluding hydrogens is 690 g/mol. The molecule has 1 aromatic rings. The number of benzene rings is 1. The Labute approximate surface area is 319 Å². The summed E-state index contributed by atoms with van der Waals surface area (Å²) in [6.07, 6.45) is 8.91. The van der Waals surface area contributed by atoms with Crippen molar-refractivity contribution in [2.24, 2.45) is 28.8 Å². The minimum Gasteiger partial charge on any atom is -0.462 e. The van der Waals surface area contributed by atoms with Gasteiger partial charge >= 0.3 is 11.9 Å². The van der Waals surface area contributed by atoms with Crippen molar-refractivity contribution in [1.29, 1.82) is 0 Å². The van der Waals surface area contributed by atoms with Crippen molar-refractivity contribution in [3.05, 3.63) is 83.0 Å². The average Bonchev–Trinajstić information content (AvgIpc) is 3.50. The van der Waals surface area contributed by atoms with Gasteiger partial charge in [-0.1, -0.05) is 100.0 Å². The number of esters is 2. The fourth-order valence-electron chi connectivity index (χ4n) is 8.81. The summed E-state index contributed by atoms with van der Waals surface area (Å²) >= 11 is 0. The Morgan fingerprint density at radius 3 is 2.59 bits per heavy atom. The van der Waals surface area contributed by atoms with E-state index in [1.54, 1.807) is 37.3 Å². The lowest BCUT2D eigenvalue weighted by molar-refractivity contribution is -0.340. The van der Waals surface area contributed by atoms with E-state index in [1.165, 1.54) is 7.11 Å². The van der Waals surface area contributed by atoms with Gasteiger partial charge in [-0.3, -0.25) is 4.79 Å². The van der Waals surface area contributed by atoms with Crippen LogP contribution in [0.1, 0.15) is 85.6 Å². The second-order valence-electron chi connectivity index (χ2n) is 16.0. The molecule has 2 N–H and O–H groups in total. The summed E-state index contributed by atoms with van der Waals surface area (Å²) in [4.78, 5) is 33.1. The number of rotatable bonds is 6. The van der Waals surface area contributed by atoms with Crippen LogP contribution in [0.5, 0.6) is 0 Å². The molecule has 294 valence electrons. The van der Waals surface area contributed by atoms with Gasteiger partial charge in [0.05, 0.1) is 18.8 Å². The molecule has 0 radical (unpaired) electrons. The first-order chi connectivity index (χ1) is 25.8. The molecule has 11 nitrogen and oxygen atoms in total. The minimum atomic E-state index is -1.84. The molecule has 0 aromatic heterocycles. The number of carbonyl (C=O) groups is 2. The number of aliphatic hydroxyl groups is 2. The number of nitrogens with zero attached hydrogens (tertiary/aromatic N) is 1. The standard InChI is InChI=1S/C43H57NO10/c1-8-25(2)38-28(5)19-20-42(54-38)23-33-22-32(53-42)18-17-27(4)37(52-41(47)35(44-49-7)30-14-10-9-11-15-30)26(3)13-12-16-31-24-50-39-36(45)29(6)21-34(40(46)51-33)43(31,39)48/h9-17,21,25-26,28,32-34,36-39,45,48H,8,18-20,22-24H2,1-7H3/b13-12+,27-17+,31-16+,44-35-/t25?,26-,28-,32+,33-,34-,36+,37-,38+,39+,42?,43+/m0/s1. The summed E-state index contributed by atoms with van der Waals surface area (Å²) in [5.74, 6) is -2.98. The van der Waals surface area contributed by atoms with E-state index in [0.717, 1.165) is 18.4 Å². The third kappa shape index (κ3) is 8.02. The lowest BCUT2D eigenvalue weighted by atomic mass is 9.71. The highest BCUT2D eigenvalue weighted by molar-refractivity contribution is 6.43. The van der Waals surface area contributed by atoms with Crippen molar-refractivity contribution in [2.45, 2.75) is 128 Å². The fourth-order valence-corrected chi connectivity index (χ4v) is 8.81. The van der Waals surface area contributed by atoms with Gasteiger partial charge in [0, 0.05) is 30.7 Å². The highest BCUT2D eigenvalue weighted by Crippen LogP contribution is 2.48. The molecule has 12 atom stereocenters. The molecule has 1 aliphatic carbocycles. The molecule has 54 heavy (non-hydrogen) atoms. The smallest absolute Gasteiger partial charge is 0.361 e. The predicted octanol–water partition coefficient (Wildman–Crippen LogP) is 6.13. The monoisotopic (exact) mass is 747 g/mol. The molecule has 4 aliphatic heterocycles. The highest BCUT2D eigenvalue weighted by atomic mass is 16.7. The zero-order chi connectivity index (χ0) is 38.8. The van der Waals surface area contributed by atoms with Gasteiger partial charge in [0.15, 0.2) is 11.5 Å².